The Balaban J connectivity index is 1.43. The number of hydrogen-bond acceptors (Lipinski definition) is 3. The molecule has 7 heteroatoms. The zero-order chi connectivity index (χ0) is 16.7. The first-order valence-electron chi connectivity index (χ1n) is 8.39. The van der Waals surface area contributed by atoms with Crippen LogP contribution in [0.2, 0.25) is 0 Å². The number of anilines is 1. The van der Waals surface area contributed by atoms with Gasteiger partial charge in [-0.3, -0.25) is 9.59 Å². The summed E-state index contributed by atoms with van der Waals surface area (Å²) in [5.74, 6) is -0.331. The summed E-state index contributed by atoms with van der Waals surface area (Å²) in [6.07, 6.45) is 2.84. The lowest BCUT2D eigenvalue weighted by Gasteiger charge is -2.21. The fraction of sp³-hybridized carbons (Fsp3) is 0.471. The number of rotatable bonds is 4. The fourth-order valence-electron chi connectivity index (χ4n) is 3.42. The summed E-state index contributed by atoms with van der Waals surface area (Å²) >= 11 is 0. The Morgan fingerprint density at radius 2 is 2.08 bits per heavy atom. The minimum Gasteiger partial charge on any atom is -0.352 e. The summed E-state index contributed by atoms with van der Waals surface area (Å²) in [5, 5.41) is 5.66. The third-order valence-corrected chi connectivity index (χ3v) is 4.80. The van der Waals surface area contributed by atoms with Gasteiger partial charge in [0.25, 0.3) is 5.91 Å². The van der Waals surface area contributed by atoms with Gasteiger partial charge < -0.3 is 20.4 Å². The van der Waals surface area contributed by atoms with Gasteiger partial charge in [0.15, 0.2) is 0 Å². The first-order valence-corrected chi connectivity index (χ1v) is 8.39. The van der Waals surface area contributed by atoms with Crippen molar-refractivity contribution < 1.29 is 14.4 Å². The third-order valence-electron chi connectivity index (χ3n) is 4.80. The molecule has 0 spiro atoms. The van der Waals surface area contributed by atoms with E-state index in [-0.39, 0.29) is 24.4 Å². The first kappa shape index (κ1) is 15.0. The maximum atomic E-state index is 12.3. The van der Waals surface area contributed by atoms with E-state index >= 15 is 0 Å². The fourth-order valence-corrected chi connectivity index (χ4v) is 3.42. The third kappa shape index (κ3) is 2.70. The molecule has 1 saturated heterocycles. The number of nitrogens with one attached hydrogen (secondary N) is 2. The van der Waals surface area contributed by atoms with Gasteiger partial charge >= 0.3 is 6.03 Å². The van der Waals surface area contributed by atoms with E-state index in [1.165, 1.54) is 0 Å². The van der Waals surface area contributed by atoms with E-state index in [1.54, 1.807) is 23.1 Å². The summed E-state index contributed by atoms with van der Waals surface area (Å²) in [4.78, 5) is 39.9. The molecule has 1 aromatic carbocycles. The van der Waals surface area contributed by atoms with Crippen LogP contribution in [0, 0.1) is 0 Å². The molecule has 0 radical (unpaired) electrons. The highest BCUT2D eigenvalue weighted by Gasteiger charge is 2.39. The molecule has 24 heavy (non-hydrogen) atoms. The minimum absolute atomic E-state index is 0.0397. The molecule has 2 fully saturated rings. The molecular formula is C17H20N4O3. The number of fused-ring (bicyclic) bond motifs is 1. The average molecular weight is 328 g/mol. The SMILES string of the molecule is O=C(CN1CCN(C2CC2)C1=O)Nc1cccc2c1CCNC2=O. The number of nitrogens with zero attached hydrogens (tertiary/aromatic N) is 2. The van der Waals surface area contributed by atoms with Crippen molar-refractivity contribution in [2.24, 2.45) is 0 Å². The van der Waals surface area contributed by atoms with E-state index in [1.807, 2.05) is 4.90 Å². The molecule has 1 aromatic rings. The van der Waals surface area contributed by atoms with Crippen LogP contribution in [0.25, 0.3) is 0 Å². The molecule has 1 saturated carbocycles. The van der Waals surface area contributed by atoms with Gasteiger partial charge in [-0.1, -0.05) is 6.07 Å². The smallest absolute Gasteiger partial charge is 0.320 e. The van der Waals surface area contributed by atoms with Gasteiger partial charge in [0.2, 0.25) is 5.91 Å². The van der Waals surface area contributed by atoms with Crippen LogP contribution < -0.4 is 10.6 Å². The van der Waals surface area contributed by atoms with Crippen LogP contribution in [0.4, 0.5) is 10.5 Å². The highest BCUT2D eigenvalue weighted by atomic mass is 16.2. The standard InChI is InChI=1S/C17H20N4O3/c22-15(10-20-8-9-21(17(20)24)11-4-5-11)19-14-3-1-2-13-12(14)6-7-18-16(13)23/h1-3,11H,4-10H2,(H,18,23)(H,19,22). The zero-order valence-corrected chi connectivity index (χ0v) is 13.4. The molecule has 3 aliphatic rings. The van der Waals surface area contributed by atoms with Crippen molar-refractivity contribution in [3.8, 4) is 0 Å². The predicted octanol–water partition coefficient (Wildman–Crippen LogP) is 0.811. The molecule has 126 valence electrons. The molecule has 0 atom stereocenters. The molecule has 0 unspecified atom stereocenters. The summed E-state index contributed by atoms with van der Waals surface area (Å²) in [6, 6.07) is 5.66. The first-order chi connectivity index (χ1) is 11.6. The van der Waals surface area contributed by atoms with E-state index in [0.717, 1.165) is 18.4 Å². The molecule has 1 aliphatic carbocycles. The Morgan fingerprint density at radius 1 is 1.25 bits per heavy atom. The molecule has 0 aromatic heterocycles. The van der Waals surface area contributed by atoms with Crippen LogP contribution >= 0.6 is 0 Å². The Hall–Kier alpha value is -2.57. The predicted molar refractivity (Wildman–Crippen MR) is 87.8 cm³/mol. The molecule has 2 heterocycles. The normalized spacial score (nSPS) is 20.0. The Labute approximate surface area is 140 Å². The Morgan fingerprint density at radius 3 is 2.88 bits per heavy atom. The van der Waals surface area contributed by atoms with Crippen LogP contribution in [0.15, 0.2) is 18.2 Å². The number of carbonyl (C=O) groups excluding carboxylic acids is 3. The number of carbonyl (C=O) groups is 3. The van der Waals surface area contributed by atoms with Crippen molar-refractivity contribution in [1.82, 2.24) is 15.1 Å². The van der Waals surface area contributed by atoms with Gasteiger partial charge in [0.1, 0.15) is 6.54 Å². The lowest BCUT2D eigenvalue weighted by molar-refractivity contribution is -0.116. The van der Waals surface area contributed by atoms with Gasteiger partial charge in [-0.2, -0.15) is 0 Å². The number of benzene rings is 1. The highest BCUT2D eigenvalue weighted by Crippen LogP contribution is 2.30. The minimum atomic E-state index is -0.222. The van der Waals surface area contributed by atoms with Crippen molar-refractivity contribution in [1.29, 1.82) is 0 Å². The quantitative estimate of drug-likeness (QED) is 0.858. The zero-order valence-electron chi connectivity index (χ0n) is 13.4. The van der Waals surface area contributed by atoms with Crippen LogP contribution in [-0.4, -0.2) is 59.9 Å². The van der Waals surface area contributed by atoms with E-state index in [4.69, 9.17) is 0 Å². The number of urea groups is 1. The Kier molecular flexibility index (Phi) is 3.63. The van der Waals surface area contributed by atoms with Crippen LogP contribution in [0.1, 0.15) is 28.8 Å². The molecule has 4 rings (SSSR count). The van der Waals surface area contributed by atoms with Gasteiger partial charge in [0.05, 0.1) is 0 Å². The molecular weight excluding hydrogens is 308 g/mol. The van der Waals surface area contributed by atoms with E-state index in [0.29, 0.717) is 43.3 Å². The van der Waals surface area contributed by atoms with Crippen LogP contribution in [0.5, 0.6) is 0 Å². The topological polar surface area (TPSA) is 81.8 Å². The highest BCUT2D eigenvalue weighted by molar-refractivity contribution is 6.01. The molecule has 0 bridgehead atoms. The maximum Gasteiger partial charge on any atom is 0.320 e. The van der Waals surface area contributed by atoms with Crippen molar-refractivity contribution in [2.75, 3.05) is 31.5 Å². The monoisotopic (exact) mass is 328 g/mol. The van der Waals surface area contributed by atoms with Crippen LogP contribution in [-0.2, 0) is 11.2 Å². The average Bonchev–Trinajstić information content (AvgIpc) is 3.34. The van der Waals surface area contributed by atoms with Crippen molar-refractivity contribution >= 4 is 23.5 Å². The summed E-state index contributed by atoms with van der Waals surface area (Å²) in [6.45, 7) is 1.92. The number of hydrogen-bond donors (Lipinski definition) is 2. The van der Waals surface area contributed by atoms with Crippen molar-refractivity contribution in [2.45, 2.75) is 25.3 Å². The van der Waals surface area contributed by atoms with Crippen molar-refractivity contribution in [3.63, 3.8) is 0 Å². The van der Waals surface area contributed by atoms with E-state index < -0.39 is 0 Å². The molecule has 2 aliphatic heterocycles. The van der Waals surface area contributed by atoms with Gasteiger partial charge in [-0.25, -0.2) is 4.79 Å². The lowest BCUT2D eigenvalue weighted by atomic mass is 9.98. The number of amides is 4. The second kappa shape index (κ2) is 5.81. The van der Waals surface area contributed by atoms with Gasteiger partial charge in [-0.05, 0) is 37.0 Å². The molecule has 2 N–H and O–H groups in total. The Bertz CT molecular complexity index is 714. The van der Waals surface area contributed by atoms with Gasteiger partial charge in [-0.15, -0.1) is 0 Å². The molecule has 4 amide bonds. The summed E-state index contributed by atoms with van der Waals surface area (Å²) in [7, 11) is 0. The molecule has 7 nitrogen and oxygen atoms in total. The van der Waals surface area contributed by atoms with Gasteiger partial charge in [0, 0.05) is 36.9 Å². The van der Waals surface area contributed by atoms with E-state index in [2.05, 4.69) is 10.6 Å². The van der Waals surface area contributed by atoms with Crippen molar-refractivity contribution in [3.05, 3.63) is 29.3 Å². The maximum absolute atomic E-state index is 12.3. The largest absolute Gasteiger partial charge is 0.352 e. The van der Waals surface area contributed by atoms with Crippen LogP contribution in [0.3, 0.4) is 0 Å². The van der Waals surface area contributed by atoms with E-state index in [9.17, 15) is 14.4 Å². The summed E-state index contributed by atoms with van der Waals surface area (Å²) in [5.41, 5.74) is 2.14. The summed E-state index contributed by atoms with van der Waals surface area (Å²) < 4.78 is 0. The lowest BCUT2D eigenvalue weighted by Crippen LogP contribution is -2.38. The second-order valence-electron chi connectivity index (χ2n) is 6.51. The second-order valence-corrected chi connectivity index (χ2v) is 6.51.